The van der Waals surface area contributed by atoms with Gasteiger partial charge in [0.05, 0.1) is 6.54 Å². The Morgan fingerprint density at radius 1 is 1.12 bits per heavy atom. The molecule has 0 saturated heterocycles. The molecule has 5 nitrogen and oxygen atoms in total. The van der Waals surface area contributed by atoms with E-state index in [1.165, 1.54) is 5.56 Å². The van der Waals surface area contributed by atoms with Crippen LogP contribution < -0.4 is 15.5 Å². The Labute approximate surface area is 148 Å². The third-order valence-corrected chi connectivity index (χ3v) is 4.29. The number of hydrogen-bond donors (Lipinski definition) is 2. The number of carbonyl (C=O) groups excluding carboxylic acids is 2. The van der Waals surface area contributed by atoms with Crippen LogP contribution in [-0.2, 0) is 11.2 Å². The number of amides is 2. The normalized spacial score (nSPS) is 12.6. The average molecular weight is 337 g/mol. The van der Waals surface area contributed by atoms with Gasteiger partial charge in [-0.3, -0.25) is 9.59 Å². The van der Waals surface area contributed by atoms with Gasteiger partial charge in [-0.2, -0.15) is 0 Å². The minimum absolute atomic E-state index is 0.0331. The van der Waals surface area contributed by atoms with Gasteiger partial charge in [0.25, 0.3) is 5.91 Å². The fraction of sp³-hybridized carbons (Fsp3) is 0.300. The first kappa shape index (κ1) is 17.0. The number of nitrogens with zero attached hydrogens (tertiary/aromatic N) is 1. The van der Waals surface area contributed by atoms with Crippen molar-refractivity contribution in [2.24, 2.45) is 0 Å². The Hall–Kier alpha value is -2.82. The molecule has 5 heteroatoms. The second-order valence-electron chi connectivity index (χ2n) is 6.11. The maximum Gasteiger partial charge on any atom is 0.251 e. The van der Waals surface area contributed by atoms with Crippen molar-refractivity contribution in [3.05, 3.63) is 59.7 Å². The molecule has 0 aromatic heterocycles. The highest BCUT2D eigenvalue weighted by Crippen LogP contribution is 2.27. The van der Waals surface area contributed by atoms with Gasteiger partial charge in [-0.15, -0.1) is 0 Å². The summed E-state index contributed by atoms with van der Waals surface area (Å²) >= 11 is 0. The lowest BCUT2D eigenvalue weighted by molar-refractivity contribution is -0.116. The SMILES string of the molecule is CCCNC(=O)c1cccc(NCC(=O)N2CCc3ccccc32)c1. The predicted octanol–water partition coefficient (Wildman–Crippen LogP) is 2.83. The van der Waals surface area contributed by atoms with Crippen LogP contribution >= 0.6 is 0 Å². The highest BCUT2D eigenvalue weighted by atomic mass is 16.2. The molecule has 1 heterocycles. The second kappa shape index (κ2) is 7.83. The first-order valence-corrected chi connectivity index (χ1v) is 8.69. The van der Waals surface area contributed by atoms with E-state index in [9.17, 15) is 9.59 Å². The smallest absolute Gasteiger partial charge is 0.251 e. The molecule has 130 valence electrons. The molecule has 0 bridgehead atoms. The van der Waals surface area contributed by atoms with Crippen LogP contribution in [0, 0.1) is 0 Å². The summed E-state index contributed by atoms with van der Waals surface area (Å²) in [7, 11) is 0. The van der Waals surface area contributed by atoms with Crippen LogP contribution in [0.15, 0.2) is 48.5 Å². The van der Waals surface area contributed by atoms with Gasteiger partial charge in [0.1, 0.15) is 0 Å². The standard InChI is InChI=1S/C20H23N3O2/c1-2-11-21-20(25)16-7-5-8-17(13-16)22-14-19(24)23-12-10-15-6-3-4-9-18(15)23/h3-9,13,22H,2,10-12,14H2,1H3,(H,21,25). The van der Waals surface area contributed by atoms with Crippen molar-refractivity contribution in [1.82, 2.24) is 5.32 Å². The molecule has 0 fully saturated rings. The molecule has 2 N–H and O–H groups in total. The van der Waals surface area contributed by atoms with Crippen molar-refractivity contribution < 1.29 is 9.59 Å². The van der Waals surface area contributed by atoms with Gasteiger partial charge >= 0.3 is 0 Å². The zero-order valence-electron chi connectivity index (χ0n) is 14.4. The van der Waals surface area contributed by atoms with Crippen LogP contribution in [0.5, 0.6) is 0 Å². The van der Waals surface area contributed by atoms with Crippen molar-refractivity contribution in [3.8, 4) is 0 Å². The number of nitrogens with one attached hydrogen (secondary N) is 2. The molecule has 0 unspecified atom stereocenters. The van der Waals surface area contributed by atoms with E-state index < -0.39 is 0 Å². The van der Waals surface area contributed by atoms with Crippen LogP contribution in [0.1, 0.15) is 29.3 Å². The Bertz CT molecular complexity index is 773. The molecule has 1 aliphatic rings. The first-order chi connectivity index (χ1) is 12.2. The molecule has 0 atom stereocenters. The molecule has 1 aliphatic heterocycles. The Balaban J connectivity index is 1.60. The summed E-state index contributed by atoms with van der Waals surface area (Å²) in [4.78, 5) is 26.4. The van der Waals surface area contributed by atoms with E-state index in [1.54, 1.807) is 12.1 Å². The molecule has 2 amide bonds. The summed E-state index contributed by atoms with van der Waals surface area (Å²) in [6, 6.07) is 15.2. The van der Waals surface area contributed by atoms with Crippen molar-refractivity contribution >= 4 is 23.2 Å². The van der Waals surface area contributed by atoms with Gasteiger partial charge in [-0.05, 0) is 42.7 Å². The number of anilines is 2. The number of benzene rings is 2. The van der Waals surface area contributed by atoms with Gasteiger partial charge in [-0.25, -0.2) is 0 Å². The number of hydrogen-bond acceptors (Lipinski definition) is 3. The van der Waals surface area contributed by atoms with E-state index in [-0.39, 0.29) is 18.4 Å². The van der Waals surface area contributed by atoms with Crippen molar-refractivity contribution in [2.75, 3.05) is 29.9 Å². The zero-order valence-corrected chi connectivity index (χ0v) is 14.4. The van der Waals surface area contributed by atoms with E-state index in [0.29, 0.717) is 12.1 Å². The minimum atomic E-state index is -0.0923. The largest absolute Gasteiger partial charge is 0.376 e. The molecule has 2 aromatic carbocycles. The lowest BCUT2D eigenvalue weighted by Crippen LogP contribution is -2.34. The third-order valence-electron chi connectivity index (χ3n) is 4.29. The summed E-state index contributed by atoms with van der Waals surface area (Å²) < 4.78 is 0. The monoisotopic (exact) mass is 337 g/mol. The molecular formula is C20H23N3O2. The van der Waals surface area contributed by atoms with Crippen LogP contribution in [0.3, 0.4) is 0 Å². The predicted molar refractivity (Wildman–Crippen MR) is 100 cm³/mol. The van der Waals surface area contributed by atoms with Gasteiger partial charge in [0, 0.05) is 30.0 Å². The highest BCUT2D eigenvalue weighted by molar-refractivity contribution is 5.98. The Kier molecular flexibility index (Phi) is 5.33. The minimum Gasteiger partial charge on any atom is -0.376 e. The Morgan fingerprint density at radius 2 is 1.96 bits per heavy atom. The lowest BCUT2D eigenvalue weighted by Gasteiger charge is -2.18. The first-order valence-electron chi connectivity index (χ1n) is 8.69. The third kappa shape index (κ3) is 3.99. The van der Waals surface area contributed by atoms with E-state index in [4.69, 9.17) is 0 Å². The molecule has 0 radical (unpaired) electrons. The summed E-state index contributed by atoms with van der Waals surface area (Å²) in [5.41, 5.74) is 3.58. The topological polar surface area (TPSA) is 61.4 Å². The van der Waals surface area contributed by atoms with Crippen LogP contribution in [-0.4, -0.2) is 31.4 Å². The number of fused-ring (bicyclic) bond motifs is 1. The molecule has 0 aliphatic carbocycles. The van der Waals surface area contributed by atoms with Crippen LogP contribution in [0.4, 0.5) is 11.4 Å². The quantitative estimate of drug-likeness (QED) is 0.852. The number of rotatable bonds is 6. The summed E-state index contributed by atoms with van der Waals surface area (Å²) in [6.07, 6.45) is 1.80. The maximum atomic E-state index is 12.5. The van der Waals surface area contributed by atoms with Crippen molar-refractivity contribution in [2.45, 2.75) is 19.8 Å². The van der Waals surface area contributed by atoms with Crippen LogP contribution in [0.2, 0.25) is 0 Å². The van der Waals surface area contributed by atoms with Gasteiger partial charge in [0.2, 0.25) is 5.91 Å². The lowest BCUT2D eigenvalue weighted by atomic mass is 10.2. The van der Waals surface area contributed by atoms with Crippen molar-refractivity contribution in [3.63, 3.8) is 0 Å². The molecule has 0 spiro atoms. The fourth-order valence-corrected chi connectivity index (χ4v) is 2.98. The van der Waals surface area contributed by atoms with E-state index in [0.717, 1.165) is 30.8 Å². The molecule has 2 aromatic rings. The zero-order chi connectivity index (χ0) is 17.6. The Morgan fingerprint density at radius 3 is 2.80 bits per heavy atom. The van der Waals surface area contributed by atoms with Crippen molar-refractivity contribution in [1.29, 1.82) is 0 Å². The average Bonchev–Trinajstić information content (AvgIpc) is 3.08. The highest BCUT2D eigenvalue weighted by Gasteiger charge is 2.23. The molecule has 25 heavy (non-hydrogen) atoms. The van der Waals surface area contributed by atoms with Gasteiger partial charge < -0.3 is 15.5 Å². The van der Waals surface area contributed by atoms with E-state index in [1.807, 2.05) is 42.2 Å². The summed E-state index contributed by atoms with van der Waals surface area (Å²) in [5, 5.41) is 5.99. The molecule has 3 rings (SSSR count). The molecular weight excluding hydrogens is 314 g/mol. The van der Waals surface area contributed by atoms with Crippen LogP contribution in [0.25, 0.3) is 0 Å². The van der Waals surface area contributed by atoms with Gasteiger partial charge in [-0.1, -0.05) is 31.2 Å². The summed E-state index contributed by atoms with van der Waals surface area (Å²) in [5.74, 6) is -0.0592. The van der Waals surface area contributed by atoms with Gasteiger partial charge in [0.15, 0.2) is 0 Å². The second-order valence-corrected chi connectivity index (χ2v) is 6.11. The summed E-state index contributed by atoms with van der Waals surface area (Å²) in [6.45, 7) is 3.59. The molecule has 0 saturated carbocycles. The number of carbonyl (C=O) groups is 2. The maximum absolute atomic E-state index is 12.5. The number of para-hydroxylation sites is 1. The fourth-order valence-electron chi connectivity index (χ4n) is 2.98. The van der Waals surface area contributed by atoms with E-state index >= 15 is 0 Å². The van der Waals surface area contributed by atoms with E-state index in [2.05, 4.69) is 16.7 Å².